The summed E-state index contributed by atoms with van der Waals surface area (Å²) in [4.78, 5) is 0. The summed E-state index contributed by atoms with van der Waals surface area (Å²) >= 11 is 6.14. The fraction of sp³-hybridized carbons (Fsp3) is 0.125. The smallest absolute Gasteiger partial charge is 0.152 e. The number of aryl methyl sites for hydroxylation is 1. The average molecular weight is 287 g/mol. The van der Waals surface area contributed by atoms with Crippen molar-refractivity contribution in [1.82, 2.24) is 5.43 Å². The molecule has 20 heavy (non-hydrogen) atoms. The Kier molecular flexibility index (Phi) is 3.49. The lowest BCUT2D eigenvalue weighted by atomic mass is 10.0. The van der Waals surface area contributed by atoms with E-state index in [-0.39, 0.29) is 6.04 Å². The molecule has 0 aliphatic heterocycles. The van der Waals surface area contributed by atoms with Crippen LogP contribution in [0.25, 0.3) is 11.0 Å². The zero-order valence-corrected chi connectivity index (χ0v) is 11.8. The van der Waals surface area contributed by atoms with Crippen molar-refractivity contribution in [3.63, 3.8) is 0 Å². The first-order valence-electron chi connectivity index (χ1n) is 6.39. The standard InChI is InChI=1S/C16H15ClN2O/c1-10-5-7-11(8-6-10)15(19-18)14-9-12-3-2-4-13(17)16(12)20-14/h2-9,15,19H,18H2,1H3. The molecule has 1 unspecified atom stereocenters. The Hall–Kier alpha value is -1.81. The van der Waals surface area contributed by atoms with Gasteiger partial charge in [0.25, 0.3) is 0 Å². The van der Waals surface area contributed by atoms with Gasteiger partial charge in [0.1, 0.15) is 11.8 Å². The lowest BCUT2D eigenvalue weighted by Crippen LogP contribution is -2.28. The zero-order chi connectivity index (χ0) is 14.1. The number of fused-ring (bicyclic) bond motifs is 1. The molecule has 1 aromatic heterocycles. The van der Waals surface area contributed by atoms with E-state index in [4.69, 9.17) is 21.9 Å². The van der Waals surface area contributed by atoms with Gasteiger partial charge in [-0.2, -0.15) is 0 Å². The summed E-state index contributed by atoms with van der Waals surface area (Å²) < 4.78 is 5.86. The number of para-hydroxylation sites is 1. The van der Waals surface area contributed by atoms with Crippen LogP contribution in [-0.2, 0) is 0 Å². The number of hydrogen-bond acceptors (Lipinski definition) is 3. The quantitative estimate of drug-likeness (QED) is 0.566. The first-order chi connectivity index (χ1) is 9.69. The van der Waals surface area contributed by atoms with E-state index in [9.17, 15) is 0 Å². The molecule has 0 saturated heterocycles. The topological polar surface area (TPSA) is 51.2 Å². The van der Waals surface area contributed by atoms with Crippen LogP contribution in [0.1, 0.15) is 22.9 Å². The molecule has 3 rings (SSSR count). The van der Waals surface area contributed by atoms with Crippen molar-refractivity contribution in [2.45, 2.75) is 13.0 Å². The van der Waals surface area contributed by atoms with Gasteiger partial charge in [-0.25, -0.2) is 5.43 Å². The maximum atomic E-state index is 6.14. The number of hydrazine groups is 1. The van der Waals surface area contributed by atoms with Crippen LogP contribution in [0.15, 0.2) is 52.9 Å². The lowest BCUT2D eigenvalue weighted by Gasteiger charge is -2.13. The second kappa shape index (κ2) is 5.29. The van der Waals surface area contributed by atoms with Crippen molar-refractivity contribution in [1.29, 1.82) is 0 Å². The molecule has 0 fully saturated rings. The molecule has 0 saturated carbocycles. The zero-order valence-electron chi connectivity index (χ0n) is 11.1. The maximum Gasteiger partial charge on any atom is 0.152 e. The van der Waals surface area contributed by atoms with Gasteiger partial charge in [-0.05, 0) is 24.6 Å². The van der Waals surface area contributed by atoms with Crippen molar-refractivity contribution >= 4 is 22.6 Å². The van der Waals surface area contributed by atoms with Crippen LogP contribution in [0.4, 0.5) is 0 Å². The average Bonchev–Trinajstić information content (AvgIpc) is 2.87. The molecule has 0 radical (unpaired) electrons. The van der Waals surface area contributed by atoms with Crippen LogP contribution in [-0.4, -0.2) is 0 Å². The fourth-order valence-electron chi connectivity index (χ4n) is 2.29. The van der Waals surface area contributed by atoms with Crippen LogP contribution >= 0.6 is 11.6 Å². The van der Waals surface area contributed by atoms with Gasteiger partial charge >= 0.3 is 0 Å². The molecule has 4 heteroatoms. The predicted octanol–water partition coefficient (Wildman–Crippen LogP) is 3.95. The SMILES string of the molecule is Cc1ccc(C(NN)c2cc3cccc(Cl)c3o2)cc1. The Balaban J connectivity index is 2.07. The van der Waals surface area contributed by atoms with Crippen molar-refractivity contribution in [3.8, 4) is 0 Å². The second-order valence-corrected chi connectivity index (χ2v) is 5.22. The molecule has 0 aliphatic carbocycles. The van der Waals surface area contributed by atoms with Crippen LogP contribution in [0, 0.1) is 6.92 Å². The predicted molar refractivity (Wildman–Crippen MR) is 81.6 cm³/mol. The van der Waals surface area contributed by atoms with Crippen molar-refractivity contribution in [3.05, 3.63) is 70.4 Å². The van der Waals surface area contributed by atoms with Crippen molar-refractivity contribution in [2.24, 2.45) is 5.84 Å². The molecule has 1 atom stereocenters. The number of nitrogens with one attached hydrogen (secondary N) is 1. The molecule has 3 aromatic rings. The minimum atomic E-state index is -0.195. The molecule has 3 N–H and O–H groups in total. The highest BCUT2D eigenvalue weighted by Gasteiger charge is 2.17. The molecular weight excluding hydrogens is 272 g/mol. The fourth-order valence-corrected chi connectivity index (χ4v) is 2.51. The van der Waals surface area contributed by atoms with Gasteiger partial charge in [-0.3, -0.25) is 5.84 Å². The normalized spacial score (nSPS) is 12.8. The monoisotopic (exact) mass is 286 g/mol. The van der Waals surface area contributed by atoms with Crippen LogP contribution in [0.2, 0.25) is 5.02 Å². The second-order valence-electron chi connectivity index (χ2n) is 4.82. The molecule has 2 aromatic carbocycles. The summed E-state index contributed by atoms with van der Waals surface area (Å²) in [7, 11) is 0. The van der Waals surface area contributed by atoms with Crippen LogP contribution in [0.5, 0.6) is 0 Å². The molecule has 0 bridgehead atoms. The Morgan fingerprint density at radius 2 is 1.90 bits per heavy atom. The number of furan rings is 1. The Morgan fingerprint density at radius 3 is 2.55 bits per heavy atom. The number of nitrogens with two attached hydrogens (primary N) is 1. The molecule has 0 aliphatic rings. The molecule has 1 heterocycles. The number of hydrogen-bond donors (Lipinski definition) is 2. The molecule has 0 amide bonds. The highest BCUT2D eigenvalue weighted by molar-refractivity contribution is 6.34. The summed E-state index contributed by atoms with van der Waals surface area (Å²) in [6.45, 7) is 2.05. The van der Waals surface area contributed by atoms with Crippen molar-refractivity contribution in [2.75, 3.05) is 0 Å². The third-order valence-corrected chi connectivity index (χ3v) is 3.67. The molecule has 102 valence electrons. The minimum absolute atomic E-state index is 0.195. The molecular formula is C16H15ClN2O. The number of benzene rings is 2. The van der Waals surface area contributed by atoms with Crippen LogP contribution in [0.3, 0.4) is 0 Å². The van der Waals surface area contributed by atoms with Gasteiger partial charge in [0.15, 0.2) is 5.58 Å². The largest absolute Gasteiger partial charge is 0.457 e. The van der Waals surface area contributed by atoms with Gasteiger partial charge in [0.2, 0.25) is 0 Å². The first-order valence-corrected chi connectivity index (χ1v) is 6.77. The Morgan fingerprint density at radius 1 is 1.15 bits per heavy atom. The third-order valence-electron chi connectivity index (χ3n) is 3.38. The number of halogens is 1. The van der Waals surface area contributed by atoms with Gasteiger partial charge in [0, 0.05) is 5.39 Å². The maximum absolute atomic E-state index is 6.14. The summed E-state index contributed by atoms with van der Waals surface area (Å²) in [5.41, 5.74) is 5.74. The van der Waals surface area contributed by atoms with Gasteiger partial charge in [-0.15, -0.1) is 0 Å². The highest BCUT2D eigenvalue weighted by atomic mass is 35.5. The van der Waals surface area contributed by atoms with E-state index in [1.54, 1.807) is 0 Å². The van der Waals surface area contributed by atoms with Crippen molar-refractivity contribution < 1.29 is 4.42 Å². The molecule has 0 spiro atoms. The molecule has 3 nitrogen and oxygen atoms in total. The third kappa shape index (κ3) is 2.31. The summed E-state index contributed by atoms with van der Waals surface area (Å²) in [6, 6.07) is 15.6. The van der Waals surface area contributed by atoms with Crippen LogP contribution < -0.4 is 11.3 Å². The van der Waals surface area contributed by atoms with E-state index in [1.807, 2.05) is 36.4 Å². The lowest BCUT2D eigenvalue weighted by molar-refractivity contribution is 0.477. The van der Waals surface area contributed by atoms with Gasteiger partial charge in [0.05, 0.1) is 5.02 Å². The summed E-state index contributed by atoms with van der Waals surface area (Å²) in [5, 5.41) is 1.58. The van der Waals surface area contributed by atoms with E-state index in [0.29, 0.717) is 10.6 Å². The Labute approximate surface area is 122 Å². The first kappa shape index (κ1) is 13.2. The Bertz CT molecular complexity index is 734. The van der Waals surface area contributed by atoms with E-state index in [0.717, 1.165) is 16.7 Å². The summed E-state index contributed by atoms with van der Waals surface area (Å²) in [6.07, 6.45) is 0. The van der Waals surface area contributed by atoms with E-state index >= 15 is 0 Å². The highest BCUT2D eigenvalue weighted by Crippen LogP contribution is 2.31. The van der Waals surface area contributed by atoms with E-state index < -0.39 is 0 Å². The number of rotatable bonds is 3. The van der Waals surface area contributed by atoms with E-state index in [2.05, 4.69) is 24.5 Å². The van der Waals surface area contributed by atoms with Gasteiger partial charge in [-0.1, -0.05) is 53.6 Å². The van der Waals surface area contributed by atoms with Gasteiger partial charge < -0.3 is 4.42 Å². The minimum Gasteiger partial charge on any atom is -0.457 e. The van der Waals surface area contributed by atoms with E-state index in [1.165, 1.54) is 5.56 Å². The summed E-state index contributed by atoms with van der Waals surface area (Å²) in [5.74, 6) is 6.44.